The molecule has 0 spiro atoms. The van der Waals surface area contributed by atoms with E-state index in [0.717, 1.165) is 22.0 Å². The van der Waals surface area contributed by atoms with Gasteiger partial charge in [0.15, 0.2) is 0 Å². The fraction of sp³-hybridized carbons (Fsp3) is 0.192. The quantitative estimate of drug-likeness (QED) is 0.250. The molecule has 5 nitrogen and oxygen atoms in total. The van der Waals surface area contributed by atoms with Gasteiger partial charge in [0.2, 0.25) is 0 Å². The molecule has 0 fully saturated rings. The zero-order chi connectivity index (χ0) is 23.4. The van der Waals surface area contributed by atoms with E-state index in [4.69, 9.17) is 21.3 Å². The van der Waals surface area contributed by atoms with Crippen molar-refractivity contribution in [2.75, 3.05) is 0 Å². The van der Waals surface area contributed by atoms with Crippen molar-refractivity contribution in [2.45, 2.75) is 32.8 Å². The number of nitrogens with zero attached hydrogens (tertiary/aromatic N) is 3. The predicted molar refractivity (Wildman–Crippen MR) is 138 cm³/mol. The van der Waals surface area contributed by atoms with Crippen LogP contribution in [0.4, 0.5) is 0 Å². The Labute approximate surface area is 205 Å². The van der Waals surface area contributed by atoms with E-state index < -0.39 is 0 Å². The second kappa shape index (κ2) is 10.3. The van der Waals surface area contributed by atoms with Crippen molar-refractivity contribution in [1.82, 2.24) is 9.66 Å². The van der Waals surface area contributed by atoms with Crippen LogP contribution in [0.1, 0.15) is 43.1 Å². The Kier molecular flexibility index (Phi) is 7.26. The number of hydrogen-bond donors (Lipinski definition) is 0. The third-order valence-electron chi connectivity index (χ3n) is 5.43. The first-order valence-electron chi connectivity index (χ1n) is 10.7. The summed E-state index contributed by atoms with van der Waals surface area (Å²) < 4.78 is 8.25. The third kappa shape index (κ3) is 5.34. The molecule has 4 rings (SSSR count). The Morgan fingerprint density at radius 3 is 2.67 bits per heavy atom. The van der Waals surface area contributed by atoms with Crippen LogP contribution in [0.3, 0.4) is 0 Å². The van der Waals surface area contributed by atoms with E-state index >= 15 is 0 Å². The lowest BCUT2D eigenvalue weighted by molar-refractivity contribution is 0.306. The van der Waals surface area contributed by atoms with Crippen LogP contribution in [0.2, 0.25) is 5.02 Å². The molecule has 0 N–H and O–H groups in total. The van der Waals surface area contributed by atoms with Gasteiger partial charge in [0.1, 0.15) is 18.2 Å². The lowest BCUT2D eigenvalue weighted by Crippen LogP contribution is -2.23. The van der Waals surface area contributed by atoms with E-state index in [-0.39, 0.29) is 11.5 Å². The number of hydrogen-bond acceptors (Lipinski definition) is 4. The highest BCUT2D eigenvalue weighted by atomic mass is 79.9. The molecule has 1 heterocycles. The summed E-state index contributed by atoms with van der Waals surface area (Å²) in [7, 11) is 0. The van der Waals surface area contributed by atoms with Crippen LogP contribution in [0.15, 0.2) is 81.1 Å². The molecular weight excluding hydrogens is 502 g/mol. The molecule has 168 valence electrons. The normalized spacial score (nSPS) is 12.4. The summed E-state index contributed by atoms with van der Waals surface area (Å²) in [5, 5.41) is 5.76. The number of halogens is 2. The molecule has 0 amide bonds. The van der Waals surface area contributed by atoms with Crippen molar-refractivity contribution in [1.29, 1.82) is 0 Å². The number of fused-ring (bicyclic) bond motifs is 1. The lowest BCUT2D eigenvalue weighted by Gasteiger charge is -2.14. The smallest absolute Gasteiger partial charge is 0.282 e. The minimum Gasteiger partial charge on any atom is -0.488 e. The molecule has 7 heteroatoms. The number of benzene rings is 3. The zero-order valence-corrected chi connectivity index (χ0v) is 20.7. The van der Waals surface area contributed by atoms with Crippen LogP contribution in [-0.4, -0.2) is 15.9 Å². The highest BCUT2D eigenvalue weighted by molar-refractivity contribution is 9.10. The summed E-state index contributed by atoms with van der Waals surface area (Å²) in [5.74, 6) is 1.37. The summed E-state index contributed by atoms with van der Waals surface area (Å²) in [6, 6.07) is 20.6. The zero-order valence-electron chi connectivity index (χ0n) is 18.3. The highest BCUT2D eigenvalue weighted by Crippen LogP contribution is 2.22. The van der Waals surface area contributed by atoms with Gasteiger partial charge in [0, 0.05) is 21.0 Å². The third-order valence-corrected chi connectivity index (χ3v) is 6.17. The number of rotatable bonds is 7. The van der Waals surface area contributed by atoms with Gasteiger partial charge in [-0.3, -0.25) is 4.79 Å². The summed E-state index contributed by atoms with van der Waals surface area (Å²) in [4.78, 5) is 18.1. The maximum absolute atomic E-state index is 13.3. The van der Waals surface area contributed by atoms with Crippen LogP contribution < -0.4 is 10.3 Å². The van der Waals surface area contributed by atoms with Gasteiger partial charge in [0.25, 0.3) is 5.56 Å². The molecule has 4 aromatic rings. The topological polar surface area (TPSA) is 56.5 Å². The molecule has 1 aromatic heterocycles. The van der Waals surface area contributed by atoms with E-state index in [1.807, 2.05) is 67.6 Å². The Morgan fingerprint density at radius 1 is 1.15 bits per heavy atom. The standard InChI is InChI=1S/C26H23BrClN3O2/c1-3-17(2)25-30-23-13-10-20(27)14-22(23)26(32)31(25)29-15-19-6-4-5-7-24(19)33-16-18-8-11-21(28)12-9-18/h4-15,17H,3,16H2,1-2H3/t17-/m0/s1. The maximum atomic E-state index is 13.3. The molecule has 0 aliphatic carbocycles. The van der Waals surface area contributed by atoms with Gasteiger partial charge in [0.05, 0.1) is 17.1 Å². The second-order valence-corrected chi connectivity index (χ2v) is 9.11. The van der Waals surface area contributed by atoms with Crippen LogP contribution in [0, 0.1) is 0 Å². The van der Waals surface area contributed by atoms with Gasteiger partial charge in [-0.15, -0.1) is 0 Å². The van der Waals surface area contributed by atoms with E-state index in [1.165, 1.54) is 4.68 Å². The fourth-order valence-electron chi connectivity index (χ4n) is 3.36. The van der Waals surface area contributed by atoms with E-state index in [9.17, 15) is 4.79 Å². The van der Waals surface area contributed by atoms with Crippen LogP contribution >= 0.6 is 27.5 Å². The van der Waals surface area contributed by atoms with Crippen LogP contribution in [0.25, 0.3) is 10.9 Å². The van der Waals surface area contributed by atoms with Crippen molar-refractivity contribution in [3.63, 3.8) is 0 Å². The SMILES string of the molecule is CC[C@H](C)c1nc2ccc(Br)cc2c(=O)n1N=Cc1ccccc1OCc1ccc(Cl)cc1. The van der Waals surface area contributed by atoms with E-state index in [2.05, 4.69) is 28.0 Å². The summed E-state index contributed by atoms with van der Waals surface area (Å²) in [6.45, 7) is 4.50. The number of aromatic nitrogens is 2. The summed E-state index contributed by atoms with van der Waals surface area (Å²) in [6.07, 6.45) is 2.49. The van der Waals surface area contributed by atoms with Crippen molar-refractivity contribution >= 4 is 44.6 Å². The molecule has 0 aliphatic rings. The molecule has 0 saturated heterocycles. The summed E-state index contributed by atoms with van der Waals surface area (Å²) in [5.41, 5.74) is 2.23. The average molecular weight is 525 g/mol. The van der Waals surface area contributed by atoms with Gasteiger partial charge in [-0.25, -0.2) is 4.98 Å². The van der Waals surface area contributed by atoms with E-state index in [1.54, 1.807) is 12.3 Å². The van der Waals surface area contributed by atoms with Crippen LogP contribution in [-0.2, 0) is 6.61 Å². The highest BCUT2D eigenvalue weighted by Gasteiger charge is 2.15. The molecule has 33 heavy (non-hydrogen) atoms. The molecule has 3 aromatic carbocycles. The molecule has 0 saturated carbocycles. The van der Waals surface area contributed by atoms with Crippen molar-refractivity contribution < 1.29 is 4.74 Å². The predicted octanol–water partition coefficient (Wildman–Crippen LogP) is 6.79. The van der Waals surface area contributed by atoms with Crippen molar-refractivity contribution in [2.24, 2.45) is 5.10 Å². The van der Waals surface area contributed by atoms with E-state index in [0.29, 0.717) is 34.1 Å². The number of para-hydroxylation sites is 1. The van der Waals surface area contributed by atoms with Crippen LogP contribution in [0.5, 0.6) is 5.75 Å². The van der Waals surface area contributed by atoms with Crippen molar-refractivity contribution in [3.05, 3.63) is 104 Å². The molecule has 0 bridgehead atoms. The van der Waals surface area contributed by atoms with Crippen molar-refractivity contribution in [3.8, 4) is 5.75 Å². The maximum Gasteiger partial charge on any atom is 0.282 e. The Balaban J connectivity index is 1.70. The minimum atomic E-state index is -0.201. The fourth-order valence-corrected chi connectivity index (χ4v) is 3.85. The molecular formula is C26H23BrClN3O2. The lowest BCUT2D eigenvalue weighted by atomic mass is 10.1. The first-order chi connectivity index (χ1) is 16.0. The van der Waals surface area contributed by atoms with Gasteiger partial charge >= 0.3 is 0 Å². The monoisotopic (exact) mass is 523 g/mol. The summed E-state index contributed by atoms with van der Waals surface area (Å²) >= 11 is 9.40. The Morgan fingerprint density at radius 2 is 1.91 bits per heavy atom. The average Bonchev–Trinajstić information content (AvgIpc) is 2.83. The largest absolute Gasteiger partial charge is 0.488 e. The molecule has 0 unspecified atom stereocenters. The first kappa shape index (κ1) is 23.2. The molecule has 0 radical (unpaired) electrons. The van der Waals surface area contributed by atoms with Gasteiger partial charge in [-0.2, -0.15) is 9.78 Å². The Hall–Kier alpha value is -2.96. The van der Waals surface area contributed by atoms with Gasteiger partial charge < -0.3 is 4.74 Å². The first-order valence-corrected chi connectivity index (χ1v) is 11.9. The molecule has 0 aliphatic heterocycles. The van der Waals surface area contributed by atoms with Gasteiger partial charge in [-0.1, -0.05) is 65.6 Å². The van der Waals surface area contributed by atoms with Gasteiger partial charge in [-0.05, 0) is 54.4 Å². The Bertz CT molecular complexity index is 1370. The molecule has 1 atom stereocenters. The minimum absolute atomic E-state index is 0.0688. The number of ether oxygens (including phenoxy) is 1. The second-order valence-electron chi connectivity index (χ2n) is 7.76.